The molecular formula is C14H18N2. The second-order valence-electron chi connectivity index (χ2n) is 4.63. The van der Waals surface area contributed by atoms with Gasteiger partial charge in [0.15, 0.2) is 0 Å². The molecule has 16 heavy (non-hydrogen) atoms. The minimum Gasteiger partial charge on any atom is -0.311 e. The van der Waals surface area contributed by atoms with Crippen molar-refractivity contribution in [1.82, 2.24) is 5.32 Å². The highest BCUT2D eigenvalue weighted by atomic mass is 14.9. The molecule has 1 fully saturated rings. The van der Waals surface area contributed by atoms with Gasteiger partial charge in [0.2, 0.25) is 0 Å². The zero-order valence-electron chi connectivity index (χ0n) is 9.74. The van der Waals surface area contributed by atoms with Crippen molar-refractivity contribution in [3.63, 3.8) is 0 Å². The Kier molecular flexibility index (Phi) is 3.58. The van der Waals surface area contributed by atoms with Gasteiger partial charge in [0.05, 0.1) is 12.0 Å². The Morgan fingerprint density at radius 3 is 2.88 bits per heavy atom. The van der Waals surface area contributed by atoms with Crippen molar-refractivity contribution >= 4 is 0 Å². The Bertz CT molecular complexity index is 388. The van der Waals surface area contributed by atoms with Crippen LogP contribution in [0.25, 0.3) is 0 Å². The van der Waals surface area contributed by atoms with E-state index in [0.29, 0.717) is 0 Å². The standard InChI is InChI=1S/C14H18N2/c1-11(8-15)9-16-10-13-4-2-3-5-14(13)12-6-7-12/h2-5,11-12,16H,6-7,9-10H2,1H3. The van der Waals surface area contributed by atoms with Gasteiger partial charge in [-0.15, -0.1) is 0 Å². The summed E-state index contributed by atoms with van der Waals surface area (Å²) in [7, 11) is 0. The molecule has 2 nitrogen and oxygen atoms in total. The number of nitrogens with one attached hydrogen (secondary N) is 1. The Morgan fingerprint density at radius 2 is 2.19 bits per heavy atom. The molecule has 1 N–H and O–H groups in total. The van der Waals surface area contributed by atoms with Gasteiger partial charge in [0.25, 0.3) is 0 Å². The summed E-state index contributed by atoms with van der Waals surface area (Å²) in [6, 6.07) is 10.9. The highest BCUT2D eigenvalue weighted by Gasteiger charge is 2.25. The van der Waals surface area contributed by atoms with Gasteiger partial charge in [-0.25, -0.2) is 0 Å². The maximum Gasteiger partial charge on any atom is 0.0666 e. The van der Waals surface area contributed by atoms with Crippen LogP contribution in [0.3, 0.4) is 0 Å². The van der Waals surface area contributed by atoms with Crippen LogP contribution in [0.15, 0.2) is 24.3 Å². The Morgan fingerprint density at radius 1 is 1.44 bits per heavy atom. The lowest BCUT2D eigenvalue weighted by Gasteiger charge is -2.10. The molecule has 0 aliphatic heterocycles. The van der Waals surface area contributed by atoms with Crippen LogP contribution in [0.4, 0.5) is 0 Å². The molecule has 2 heteroatoms. The van der Waals surface area contributed by atoms with E-state index in [-0.39, 0.29) is 5.92 Å². The molecule has 1 aliphatic carbocycles. The molecule has 0 spiro atoms. The van der Waals surface area contributed by atoms with Gasteiger partial charge in [-0.3, -0.25) is 0 Å². The summed E-state index contributed by atoms with van der Waals surface area (Å²) in [5, 5.41) is 12.0. The predicted octanol–water partition coefficient (Wildman–Crippen LogP) is 2.81. The molecule has 0 saturated heterocycles. The first kappa shape index (κ1) is 11.2. The van der Waals surface area contributed by atoms with Gasteiger partial charge in [0, 0.05) is 13.1 Å². The maximum absolute atomic E-state index is 8.69. The average Bonchev–Trinajstić information content (AvgIpc) is 3.13. The highest BCUT2D eigenvalue weighted by molar-refractivity contribution is 5.33. The molecule has 0 radical (unpaired) electrons. The average molecular weight is 214 g/mol. The SMILES string of the molecule is CC(C#N)CNCc1ccccc1C1CC1. The fourth-order valence-electron chi connectivity index (χ4n) is 1.96. The van der Waals surface area contributed by atoms with E-state index < -0.39 is 0 Å². The molecule has 2 rings (SSSR count). The fourth-order valence-corrected chi connectivity index (χ4v) is 1.96. The van der Waals surface area contributed by atoms with Gasteiger partial charge in [-0.05, 0) is 36.8 Å². The third-order valence-corrected chi connectivity index (χ3v) is 3.06. The van der Waals surface area contributed by atoms with Crippen molar-refractivity contribution in [2.45, 2.75) is 32.2 Å². The van der Waals surface area contributed by atoms with Crippen LogP contribution in [-0.2, 0) is 6.54 Å². The van der Waals surface area contributed by atoms with E-state index in [1.807, 2.05) is 6.92 Å². The van der Waals surface area contributed by atoms with Crippen LogP contribution >= 0.6 is 0 Å². The molecule has 1 saturated carbocycles. The number of rotatable bonds is 5. The van der Waals surface area contributed by atoms with Crippen molar-refractivity contribution in [3.8, 4) is 6.07 Å². The van der Waals surface area contributed by atoms with E-state index >= 15 is 0 Å². The third-order valence-electron chi connectivity index (χ3n) is 3.06. The largest absolute Gasteiger partial charge is 0.311 e. The first-order valence-corrected chi connectivity index (χ1v) is 5.99. The summed E-state index contributed by atoms with van der Waals surface area (Å²) in [5.74, 6) is 0.888. The molecule has 0 heterocycles. The van der Waals surface area contributed by atoms with Crippen LogP contribution in [0.1, 0.15) is 36.8 Å². The van der Waals surface area contributed by atoms with Crippen LogP contribution < -0.4 is 5.32 Å². The lowest BCUT2D eigenvalue weighted by molar-refractivity contribution is 0.599. The van der Waals surface area contributed by atoms with Crippen molar-refractivity contribution in [1.29, 1.82) is 5.26 Å². The van der Waals surface area contributed by atoms with Crippen LogP contribution in [0, 0.1) is 17.2 Å². The van der Waals surface area contributed by atoms with Crippen LogP contribution in [0.5, 0.6) is 0 Å². The van der Waals surface area contributed by atoms with Crippen molar-refractivity contribution in [3.05, 3.63) is 35.4 Å². The van der Waals surface area contributed by atoms with E-state index in [9.17, 15) is 0 Å². The second kappa shape index (κ2) is 5.14. The summed E-state index contributed by atoms with van der Waals surface area (Å²) >= 11 is 0. The molecule has 1 unspecified atom stereocenters. The van der Waals surface area contributed by atoms with Crippen molar-refractivity contribution in [2.24, 2.45) is 5.92 Å². The number of nitriles is 1. The lowest BCUT2D eigenvalue weighted by Crippen LogP contribution is -2.20. The van der Waals surface area contributed by atoms with E-state index in [1.54, 1.807) is 0 Å². The molecule has 0 aromatic heterocycles. The smallest absolute Gasteiger partial charge is 0.0666 e. The monoisotopic (exact) mass is 214 g/mol. The number of hydrogen-bond donors (Lipinski definition) is 1. The minimum absolute atomic E-state index is 0.0908. The summed E-state index contributed by atoms with van der Waals surface area (Å²) in [4.78, 5) is 0. The molecule has 0 amide bonds. The Labute approximate surface area is 97.3 Å². The number of hydrogen-bond acceptors (Lipinski definition) is 2. The van der Waals surface area contributed by atoms with E-state index in [1.165, 1.54) is 24.0 Å². The molecule has 1 aliphatic rings. The second-order valence-corrected chi connectivity index (χ2v) is 4.63. The predicted molar refractivity (Wildman–Crippen MR) is 64.9 cm³/mol. The first-order valence-electron chi connectivity index (χ1n) is 5.99. The van der Waals surface area contributed by atoms with Gasteiger partial charge in [-0.2, -0.15) is 5.26 Å². The normalized spacial score (nSPS) is 16.8. The summed E-state index contributed by atoms with van der Waals surface area (Å²) in [6.07, 6.45) is 2.68. The molecular weight excluding hydrogens is 196 g/mol. The van der Waals surface area contributed by atoms with Crippen molar-refractivity contribution < 1.29 is 0 Å². The number of nitrogens with zero attached hydrogens (tertiary/aromatic N) is 1. The lowest BCUT2D eigenvalue weighted by atomic mass is 10.0. The van der Waals surface area contributed by atoms with Gasteiger partial charge >= 0.3 is 0 Å². The third kappa shape index (κ3) is 2.84. The zero-order valence-corrected chi connectivity index (χ0v) is 9.74. The maximum atomic E-state index is 8.69. The summed E-state index contributed by atoms with van der Waals surface area (Å²) in [5.41, 5.74) is 2.90. The molecule has 0 bridgehead atoms. The quantitative estimate of drug-likeness (QED) is 0.818. The van der Waals surface area contributed by atoms with Crippen LogP contribution in [-0.4, -0.2) is 6.54 Å². The van der Waals surface area contributed by atoms with Crippen molar-refractivity contribution in [2.75, 3.05) is 6.54 Å². The van der Waals surface area contributed by atoms with Gasteiger partial charge in [0.1, 0.15) is 0 Å². The Hall–Kier alpha value is -1.33. The summed E-state index contributed by atoms with van der Waals surface area (Å²) < 4.78 is 0. The highest BCUT2D eigenvalue weighted by Crippen LogP contribution is 2.41. The van der Waals surface area contributed by atoms with Gasteiger partial charge < -0.3 is 5.32 Å². The van der Waals surface area contributed by atoms with E-state index in [2.05, 4.69) is 35.7 Å². The fraction of sp³-hybridized carbons (Fsp3) is 0.500. The summed E-state index contributed by atoms with van der Waals surface area (Å²) in [6.45, 7) is 3.61. The van der Waals surface area contributed by atoms with Gasteiger partial charge in [-0.1, -0.05) is 24.3 Å². The van der Waals surface area contributed by atoms with E-state index in [4.69, 9.17) is 5.26 Å². The number of benzene rings is 1. The molecule has 1 aromatic carbocycles. The molecule has 84 valence electrons. The Balaban J connectivity index is 1.91. The molecule has 1 atom stereocenters. The topological polar surface area (TPSA) is 35.8 Å². The molecule has 1 aromatic rings. The van der Waals surface area contributed by atoms with Crippen LogP contribution in [0.2, 0.25) is 0 Å². The zero-order chi connectivity index (χ0) is 11.4. The minimum atomic E-state index is 0.0908. The van der Waals surface area contributed by atoms with E-state index in [0.717, 1.165) is 19.0 Å². The first-order chi connectivity index (χ1) is 7.81.